The molecule has 0 bridgehead atoms. The third kappa shape index (κ3) is 11.5. The summed E-state index contributed by atoms with van der Waals surface area (Å²) >= 11 is 0. The summed E-state index contributed by atoms with van der Waals surface area (Å²) in [6, 6.07) is 19.6. The number of hydrazine groups is 1. The Morgan fingerprint density at radius 1 is 0.952 bits per heavy atom. The van der Waals surface area contributed by atoms with Crippen molar-refractivity contribution in [3.8, 4) is 0 Å². The van der Waals surface area contributed by atoms with Gasteiger partial charge in [-0.1, -0.05) is 74.5 Å². The monoisotopic (exact) mass is 580 g/mol. The molecule has 3 atom stereocenters. The zero-order chi connectivity index (χ0) is 30.2. The van der Waals surface area contributed by atoms with E-state index in [1.165, 1.54) is 10.6 Å². The number of hydroxylamine groups is 1. The molecule has 3 amide bonds. The van der Waals surface area contributed by atoms with E-state index in [9.17, 15) is 14.4 Å². The molecule has 2 aromatic carbocycles. The molecule has 1 unspecified atom stereocenters. The number of rotatable bonds is 16. The van der Waals surface area contributed by atoms with Crippen LogP contribution in [0.15, 0.2) is 60.7 Å². The number of benzene rings is 2. The van der Waals surface area contributed by atoms with Gasteiger partial charge in [-0.15, -0.1) is 0 Å². The highest BCUT2D eigenvalue weighted by Crippen LogP contribution is 2.27. The molecule has 0 aliphatic carbocycles. The maximum atomic E-state index is 14.0. The molecule has 4 N–H and O–H groups in total. The molecule has 9 heteroatoms. The average molecular weight is 581 g/mol. The van der Waals surface area contributed by atoms with Crippen molar-refractivity contribution in [2.24, 2.45) is 23.5 Å². The predicted octanol–water partition coefficient (Wildman–Crippen LogP) is 4.66. The molecule has 1 fully saturated rings. The highest BCUT2D eigenvalue weighted by Gasteiger charge is 2.36. The minimum atomic E-state index is -0.669. The van der Waals surface area contributed by atoms with Gasteiger partial charge in [0.15, 0.2) is 6.29 Å². The largest absolute Gasteiger partial charge is 0.350 e. The summed E-state index contributed by atoms with van der Waals surface area (Å²) in [6.45, 7) is 5.24. The number of hydrogen-bond acceptors (Lipinski definition) is 6. The van der Waals surface area contributed by atoms with Gasteiger partial charge in [-0.3, -0.25) is 19.8 Å². The second kappa shape index (κ2) is 18.3. The summed E-state index contributed by atoms with van der Waals surface area (Å²) in [7, 11) is 0. The maximum Gasteiger partial charge on any atom is 0.247 e. The van der Waals surface area contributed by atoms with Gasteiger partial charge < -0.3 is 10.5 Å². The Hall–Kier alpha value is -3.27. The van der Waals surface area contributed by atoms with E-state index in [0.717, 1.165) is 24.8 Å². The fourth-order valence-electron chi connectivity index (χ4n) is 5.21. The van der Waals surface area contributed by atoms with Gasteiger partial charge >= 0.3 is 0 Å². The summed E-state index contributed by atoms with van der Waals surface area (Å²) in [4.78, 5) is 46.4. The molecule has 0 saturated carbocycles. The Balaban J connectivity index is 1.79. The number of hydrogen-bond donors (Lipinski definition) is 3. The molecule has 9 nitrogen and oxygen atoms in total. The average Bonchev–Trinajstić information content (AvgIpc) is 3.01. The quantitative estimate of drug-likeness (QED) is 0.248. The predicted molar refractivity (Wildman–Crippen MR) is 162 cm³/mol. The lowest BCUT2D eigenvalue weighted by Gasteiger charge is -2.31. The van der Waals surface area contributed by atoms with Crippen molar-refractivity contribution in [3.63, 3.8) is 0 Å². The molecule has 230 valence electrons. The van der Waals surface area contributed by atoms with Gasteiger partial charge in [0.05, 0.1) is 18.4 Å². The lowest BCUT2D eigenvalue weighted by molar-refractivity contribution is -0.203. The van der Waals surface area contributed by atoms with E-state index in [2.05, 4.69) is 23.0 Å². The van der Waals surface area contributed by atoms with E-state index in [4.69, 9.17) is 15.3 Å². The number of nitrogens with one attached hydrogen (secondary N) is 2. The van der Waals surface area contributed by atoms with Gasteiger partial charge in [-0.2, -0.15) is 0 Å². The third-order valence-corrected chi connectivity index (χ3v) is 7.46. The van der Waals surface area contributed by atoms with Crippen LogP contribution in [0, 0.1) is 17.8 Å². The van der Waals surface area contributed by atoms with Gasteiger partial charge in [0.2, 0.25) is 17.7 Å². The first kappa shape index (κ1) is 33.2. The lowest BCUT2D eigenvalue weighted by atomic mass is 9.81. The molecule has 3 rings (SSSR count). The molecule has 1 saturated heterocycles. The summed E-state index contributed by atoms with van der Waals surface area (Å²) in [5.74, 6) is -2.10. The van der Waals surface area contributed by atoms with Crippen LogP contribution < -0.4 is 16.6 Å². The lowest BCUT2D eigenvalue weighted by Crippen LogP contribution is -2.51. The first-order valence-corrected chi connectivity index (χ1v) is 15.3. The molecule has 1 aliphatic heterocycles. The first-order chi connectivity index (χ1) is 20.4. The zero-order valence-electron chi connectivity index (χ0n) is 25.1. The van der Waals surface area contributed by atoms with Crippen LogP contribution in [0.5, 0.6) is 0 Å². The Bertz CT molecular complexity index is 1080. The summed E-state index contributed by atoms with van der Waals surface area (Å²) in [5.41, 5.74) is 13.2. The second-order valence-corrected chi connectivity index (χ2v) is 11.4. The van der Waals surface area contributed by atoms with Crippen molar-refractivity contribution in [1.82, 2.24) is 15.9 Å². The van der Waals surface area contributed by atoms with Crippen LogP contribution in [0.3, 0.4) is 0 Å². The van der Waals surface area contributed by atoms with Crippen LogP contribution in [-0.4, -0.2) is 42.2 Å². The highest BCUT2D eigenvalue weighted by atomic mass is 16.8. The number of nitrogens with two attached hydrogens (primary N) is 1. The summed E-state index contributed by atoms with van der Waals surface area (Å²) in [6.07, 6.45) is 5.34. The number of amides is 3. The Morgan fingerprint density at radius 3 is 2.26 bits per heavy atom. The van der Waals surface area contributed by atoms with E-state index in [0.29, 0.717) is 45.3 Å². The number of aryl methyl sites for hydroxylation is 1. The smallest absolute Gasteiger partial charge is 0.247 e. The van der Waals surface area contributed by atoms with Gasteiger partial charge in [-0.25, -0.2) is 15.3 Å². The van der Waals surface area contributed by atoms with Gasteiger partial charge in [0, 0.05) is 19.4 Å². The van der Waals surface area contributed by atoms with Crippen molar-refractivity contribution in [3.05, 3.63) is 71.8 Å². The van der Waals surface area contributed by atoms with Gasteiger partial charge in [0.25, 0.3) is 0 Å². The SMILES string of the molecule is CC(C)C[C@@H](C(=O)NN(Cc1ccccc1)C(=O)CCCN)[C@H](CCCc1ccccc1)C(=O)NOC1CCCCO1. The van der Waals surface area contributed by atoms with Crippen molar-refractivity contribution < 1.29 is 24.0 Å². The Morgan fingerprint density at radius 2 is 1.64 bits per heavy atom. The minimum absolute atomic E-state index is 0.142. The van der Waals surface area contributed by atoms with Crippen LogP contribution >= 0.6 is 0 Å². The maximum absolute atomic E-state index is 14.0. The number of ether oxygens (including phenoxy) is 1. The molecule has 2 aromatic rings. The summed E-state index contributed by atoms with van der Waals surface area (Å²) in [5, 5.41) is 1.37. The van der Waals surface area contributed by atoms with Crippen LogP contribution in [0.1, 0.15) is 76.3 Å². The fraction of sp³-hybridized carbons (Fsp3) is 0.545. The highest BCUT2D eigenvalue weighted by molar-refractivity contribution is 5.88. The minimum Gasteiger partial charge on any atom is -0.350 e. The fourth-order valence-corrected chi connectivity index (χ4v) is 5.21. The van der Waals surface area contributed by atoms with Crippen molar-refractivity contribution in [2.75, 3.05) is 13.2 Å². The van der Waals surface area contributed by atoms with E-state index >= 15 is 0 Å². The van der Waals surface area contributed by atoms with E-state index in [1.807, 2.05) is 62.4 Å². The number of carbonyl (C=O) groups excluding carboxylic acids is 3. The van der Waals surface area contributed by atoms with E-state index < -0.39 is 18.1 Å². The standard InChI is InChI=1S/C33H48N4O5/c1-25(2)23-29(32(39)35-37(30(38)19-12-21-34)24-27-15-7-4-8-16-27)28(18-11-17-26-13-5-3-6-14-26)33(40)36-42-31-20-9-10-22-41-31/h3-8,13-16,25,28-29,31H,9-12,17-24,34H2,1-2H3,(H,35,39)(H,36,40)/t28-,29+,31?/m0/s1. The van der Waals surface area contributed by atoms with E-state index in [1.54, 1.807) is 0 Å². The van der Waals surface area contributed by atoms with Crippen molar-refractivity contribution in [1.29, 1.82) is 0 Å². The molecular formula is C33H48N4O5. The molecule has 0 spiro atoms. The van der Waals surface area contributed by atoms with Crippen LogP contribution in [0.25, 0.3) is 0 Å². The normalized spacial score (nSPS) is 16.4. The van der Waals surface area contributed by atoms with Crippen molar-refractivity contribution >= 4 is 17.7 Å². The van der Waals surface area contributed by atoms with Crippen LogP contribution in [-0.2, 0) is 36.9 Å². The van der Waals surface area contributed by atoms with Crippen LogP contribution in [0.2, 0.25) is 0 Å². The third-order valence-electron chi connectivity index (χ3n) is 7.46. The Labute approximate surface area is 250 Å². The number of carbonyl (C=O) groups is 3. The second-order valence-electron chi connectivity index (χ2n) is 11.4. The molecule has 1 aliphatic rings. The molecule has 42 heavy (non-hydrogen) atoms. The van der Waals surface area contributed by atoms with Gasteiger partial charge in [0.1, 0.15) is 0 Å². The first-order valence-electron chi connectivity index (χ1n) is 15.3. The van der Waals surface area contributed by atoms with Gasteiger partial charge in [-0.05, 0) is 68.5 Å². The summed E-state index contributed by atoms with van der Waals surface area (Å²) < 4.78 is 5.62. The molecule has 1 heterocycles. The zero-order valence-corrected chi connectivity index (χ0v) is 25.1. The molecule has 0 radical (unpaired) electrons. The Kier molecular flexibility index (Phi) is 14.5. The molecule has 0 aromatic heterocycles. The molecular weight excluding hydrogens is 532 g/mol. The van der Waals surface area contributed by atoms with E-state index in [-0.39, 0.29) is 36.6 Å². The number of nitrogens with zero attached hydrogens (tertiary/aromatic N) is 1. The topological polar surface area (TPSA) is 123 Å². The van der Waals surface area contributed by atoms with Crippen molar-refractivity contribution in [2.45, 2.75) is 84.5 Å². The van der Waals surface area contributed by atoms with Crippen LogP contribution in [0.4, 0.5) is 0 Å².